The summed E-state index contributed by atoms with van der Waals surface area (Å²) in [5.41, 5.74) is 6.21. The Balaban J connectivity index is 1.71. The van der Waals surface area contributed by atoms with Crippen molar-refractivity contribution in [3.63, 3.8) is 0 Å². The van der Waals surface area contributed by atoms with Gasteiger partial charge >= 0.3 is 5.97 Å². The molecule has 0 aliphatic heterocycles. The molecular formula is C30H37NO4. The van der Waals surface area contributed by atoms with Crippen LogP contribution in [0.25, 0.3) is 5.57 Å². The highest BCUT2D eigenvalue weighted by Gasteiger charge is 2.66. The summed E-state index contributed by atoms with van der Waals surface area (Å²) in [6, 6.07) is 8.68. The van der Waals surface area contributed by atoms with Crippen LogP contribution in [-0.2, 0) is 19.1 Å². The first-order valence-corrected chi connectivity index (χ1v) is 13.0. The molecule has 1 aromatic carbocycles. The average molecular weight is 476 g/mol. The van der Waals surface area contributed by atoms with Crippen LogP contribution < -0.4 is 4.90 Å². The van der Waals surface area contributed by atoms with E-state index < -0.39 is 11.0 Å². The van der Waals surface area contributed by atoms with Crippen LogP contribution in [0.4, 0.5) is 5.69 Å². The van der Waals surface area contributed by atoms with Crippen molar-refractivity contribution >= 4 is 28.8 Å². The van der Waals surface area contributed by atoms with Crippen molar-refractivity contribution in [3.05, 3.63) is 46.5 Å². The summed E-state index contributed by atoms with van der Waals surface area (Å²) in [6.45, 7) is 5.20. The first kappa shape index (κ1) is 24.0. The third-order valence-corrected chi connectivity index (χ3v) is 9.47. The van der Waals surface area contributed by atoms with E-state index in [1.807, 2.05) is 14.1 Å². The van der Waals surface area contributed by atoms with Crippen LogP contribution in [0.15, 0.2) is 41.0 Å². The number of allylic oxidation sites excluding steroid dienone is 4. The molecule has 0 N–H and O–H groups in total. The second-order valence-corrected chi connectivity index (χ2v) is 11.5. The van der Waals surface area contributed by atoms with Crippen LogP contribution in [0.2, 0.25) is 0 Å². The number of carbonyl (C=O) groups excluding carboxylic acids is 3. The molecule has 0 bridgehead atoms. The van der Waals surface area contributed by atoms with E-state index in [9.17, 15) is 14.4 Å². The van der Waals surface area contributed by atoms with Crippen LogP contribution >= 0.6 is 0 Å². The number of Topliss-reactive ketones (excluding diaryl/α,β-unsaturated/α-hetero) is 2. The third kappa shape index (κ3) is 3.61. The molecule has 35 heavy (non-hydrogen) atoms. The molecule has 0 aromatic heterocycles. The largest absolute Gasteiger partial charge is 0.451 e. The topological polar surface area (TPSA) is 63.7 Å². The van der Waals surface area contributed by atoms with E-state index >= 15 is 0 Å². The Morgan fingerprint density at radius 1 is 1.00 bits per heavy atom. The lowest BCUT2D eigenvalue weighted by atomic mass is 9.53. The Bertz CT molecular complexity index is 1160. The fourth-order valence-corrected chi connectivity index (χ4v) is 7.87. The second kappa shape index (κ2) is 8.46. The molecule has 0 heterocycles. The van der Waals surface area contributed by atoms with Gasteiger partial charge in [-0.2, -0.15) is 0 Å². The normalized spacial score (nSPS) is 32.1. The van der Waals surface area contributed by atoms with Gasteiger partial charge in [-0.15, -0.1) is 0 Å². The molecule has 0 spiro atoms. The van der Waals surface area contributed by atoms with Crippen LogP contribution in [0.3, 0.4) is 0 Å². The summed E-state index contributed by atoms with van der Waals surface area (Å²) < 4.78 is 5.99. The van der Waals surface area contributed by atoms with Crippen molar-refractivity contribution in [1.29, 1.82) is 0 Å². The molecular weight excluding hydrogens is 438 g/mol. The molecule has 0 saturated heterocycles. The number of ether oxygens (including phenoxy) is 1. The highest BCUT2D eigenvalue weighted by molar-refractivity contribution is 5.91. The van der Waals surface area contributed by atoms with Gasteiger partial charge in [0.1, 0.15) is 5.78 Å². The lowest BCUT2D eigenvalue weighted by Crippen LogP contribution is -2.55. The maximum absolute atomic E-state index is 13.2. The zero-order valence-electron chi connectivity index (χ0n) is 21.7. The first-order valence-electron chi connectivity index (χ1n) is 13.0. The van der Waals surface area contributed by atoms with E-state index in [1.54, 1.807) is 6.92 Å². The van der Waals surface area contributed by atoms with Gasteiger partial charge in [-0.05, 0) is 91.7 Å². The Morgan fingerprint density at radius 3 is 2.34 bits per heavy atom. The number of esters is 1. The molecule has 5 rings (SSSR count). The van der Waals surface area contributed by atoms with Crippen LogP contribution in [0, 0.1) is 17.3 Å². The monoisotopic (exact) mass is 475 g/mol. The van der Waals surface area contributed by atoms with E-state index in [0.29, 0.717) is 37.4 Å². The van der Waals surface area contributed by atoms with Crippen molar-refractivity contribution in [2.75, 3.05) is 19.0 Å². The number of rotatable bonds is 4. The van der Waals surface area contributed by atoms with Gasteiger partial charge in [0.25, 0.3) is 0 Å². The number of benzene rings is 1. The lowest BCUT2D eigenvalue weighted by molar-refractivity contribution is -0.179. The minimum atomic E-state index is -1.08. The Kier molecular flexibility index (Phi) is 5.81. The zero-order valence-corrected chi connectivity index (χ0v) is 21.7. The van der Waals surface area contributed by atoms with Gasteiger partial charge in [0, 0.05) is 45.0 Å². The zero-order chi connectivity index (χ0) is 25.1. The number of ketones is 2. The predicted octanol–water partition coefficient (Wildman–Crippen LogP) is 5.68. The summed E-state index contributed by atoms with van der Waals surface area (Å²) in [5.74, 6) is 0.528. The quantitative estimate of drug-likeness (QED) is 0.525. The minimum Gasteiger partial charge on any atom is -0.451 e. The summed E-state index contributed by atoms with van der Waals surface area (Å²) in [7, 11) is 4.07. The number of hydrogen-bond acceptors (Lipinski definition) is 5. The van der Waals surface area contributed by atoms with Crippen molar-refractivity contribution in [1.82, 2.24) is 0 Å². The van der Waals surface area contributed by atoms with Crippen LogP contribution in [0.5, 0.6) is 0 Å². The second-order valence-electron chi connectivity index (χ2n) is 11.5. The molecule has 1 fully saturated rings. The highest BCUT2D eigenvalue weighted by atomic mass is 16.6. The molecule has 0 unspecified atom stereocenters. The predicted molar refractivity (Wildman–Crippen MR) is 137 cm³/mol. The van der Waals surface area contributed by atoms with Gasteiger partial charge in [0.2, 0.25) is 0 Å². The van der Waals surface area contributed by atoms with Crippen molar-refractivity contribution in [3.8, 4) is 0 Å². The Hall–Kier alpha value is -2.69. The molecule has 4 aliphatic rings. The van der Waals surface area contributed by atoms with Gasteiger partial charge < -0.3 is 9.64 Å². The minimum absolute atomic E-state index is 0.0394. The van der Waals surface area contributed by atoms with Crippen molar-refractivity contribution in [2.24, 2.45) is 17.3 Å². The third-order valence-electron chi connectivity index (χ3n) is 9.47. The number of hydrogen-bond donors (Lipinski definition) is 0. The van der Waals surface area contributed by atoms with E-state index in [-0.39, 0.29) is 17.7 Å². The molecule has 4 aliphatic carbocycles. The van der Waals surface area contributed by atoms with E-state index in [0.717, 1.165) is 31.4 Å². The summed E-state index contributed by atoms with van der Waals surface area (Å²) in [4.78, 5) is 39.8. The maximum Gasteiger partial charge on any atom is 0.303 e. The lowest BCUT2D eigenvalue weighted by Gasteiger charge is -2.52. The first-order chi connectivity index (χ1) is 16.6. The maximum atomic E-state index is 13.2. The van der Waals surface area contributed by atoms with Gasteiger partial charge in [0.15, 0.2) is 11.4 Å². The number of carbonyl (C=O) groups is 3. The molecule has 4 atom stereocenters. The number of anilines is 1. The summed E-state index contributed by atoms with van der Waals surface area (Å²) in [5, 5.41) is 0. The van der Waals surface area contributed by atoms with E-state index in [2.05, 4.69) is 36.1 Å². The standard InChI is InChI=1S/C30H37NO4/c1-18(32)30(35-19(2)33)15-14-27-25-12-8-21-16-23(34)11-13-24(21)28(25)26(17-29(27,30)3)20-6-9-22(10-7-20)31(4)5/h6-7,9-10,25,27H,8,11-17H2,1-5H3/t25-,27-,29-,30-/m0/s1. The molecule has 186 valence electrons. The average Bonchev–Trinajstić information content (AvgIpc) is 3.10. The van der Waals surface area contributed by atoms with Gasteiger partial charge in [-0.25, -0.2) is 0 Å². The summed E-state index contributed by atoms with van der Waals surface area (Å²) >= 11 is 0. The van der Waals surface area contributed by atoms with Crippen molar-refractivity contribution in [2.45, 2.75) is 77.7 Å². The SMILES string of the molecule is CC(=O)O[C@]1(C(C)=O)CC[C@H]2[C@@H]3CCC4=C(CCC(=O)C4)C3=C(c3ccc(N(C)C)cc3)C[C@@]21C. The molecule has 0 radical (unpaired) electrons. The highest BCUT2D eigenvalue weighted by Crippen LogP contribution is 2.66. The van der Waals surface area contributed by atoms with Gasteiger partial charge in [0.05, 0.1) is 0 Å². The number of fused-ring (bicyclic) bond motifs is 4. The summed E-state index contributed by atoms with van der Waals surface area (Å²) in [6.07, 6.45) is 6.15. The molecule has 1 saturated carbocycles. The fraction of sp³-hybridized carbons (Fsp3) is 0.567. The smallest absolute Gasteiger partial charge is 0.303 e. The van der Waals surface area contributed by atoms with Gasteiger partial charge in [-0.1, -0.05) is 24.6 Å². The van der Waals surface area contributed by atoms with Gasteiger partial charge in [-0.3, -0.25) is 14.4 Å². The van der Waals surface area contributed by atoms with Crippen LogP contribution in [0.1, 0.15) is 77.7 Å². The Labute approximate surface area is 208 Å². The van der Waals surface area contributed by atoms with E-state index in [1.165, 1.54) is 34.8 Å². The Morgan fingerprint density at radius 2 is 1.71 bits per heavy atom. The molecule has 5 nitrogen and oxygen atoms in total. The number of nitrogens with zero attached hydrogens (tertiary/aromatic N) is 1. The molecule has 5 heteroatoms. The molecule has 1 aromatic rings. The molecule has 0 amide bonds. The van der Waals surface area contributed by atoms with Crippen LogP contribution in [-0.4, -0.2) is 37.2 Å². The van der Waals surface area contributed by atoms with Crippen molar-refractivity contribution < 1.29 is 19.1 Å². The fourth-order valence-electron chi connectivity index (χ4n) is 7.87. The van der Waals surface area contributed by atoms with E-state index in [4.69, 9.17) is 4.74 Å².